The molecule has 1 heterocycles. The Morgan fingerprint density at radius 3 is 2.08 bits per heavy atom. The summed E-state index contributed by atoms with van der Waals surface area (Å²) in [7, 11) is 0. The Balaban J connectivity index is 0.000000202. The molecule has 1 saturated heterocycles. The zero-order valence-corrected chi connectivity index (χ0v) is 8.18. The second-order valence-electron chi connectivity index (χ2n) is 2.88. The van der Waals surface area contributed by atoms with Crippen LogP contribution in [0.3, 0.4) is 0 Å². The van der Waals surface area contributed by atoms with Gasteiger partial charge in [0.1, 0.15) is 0 Å². The van der Waals surface area contributed by atoms with Gasteiger partial charge in [0.05, 0.1) is 0 Å². The lowest BCUT2D eigenvalue weighted by Crippen LogP contribution is -2.21. The number of allylic oxidation sites excluding steroid dienone is 3. The Labute approximate surface area is 76.6 Å². The molecule has 1 fully saturated rings. The summed E-state index contributed by atoms with van der Waals surface area (Å²) >= 11 is 0. The van der Waals surface area contributed by atoms with Gasteiger partial charge in [-0.3, -0.25) is 0 Å². The summed E-state index contributed by atoms with van der Waals surface area (Å²) in [6, 6.07) is 0. The van der Waals surface area contributed by atoms with Gasteiger partial charge < -0.3 is 5.32 Å². The van der Waals surface area contributed by atoms with Crippen molar-refractivity contribution in [3.8, 4) is 0 Å². The molecule has 0 spiro atoms. The van der Waals surface area contributed by atoms with Crippen LogP contribution >= 0.6 is 0 Å². The average molecular weight is 167 g/mol. The Kier molecular flexibility index (Phi) is 9.95. The van der Waals surface area contributed by atoms with E-state index in [0.717, 1.165) is 6.42 Å². The Bertz CT molecular complexity index is 101. The van der Waals surface area contributed by atoms with Crippen molar-refractivity contribution in [2.45, 2.75) is 32.6 Å². The summed E-state index contributed by atoms with van der Waals surface area (Å²) in [4.78, 5) is 0. The van der Waals surface area contributed by atoms with E-state index < -0.39 is 0 Å². The average Bonchev–Trinajstić information content (AvgIpc) is 2.18. The first-order chi connectivity index (χ1) is 5.91. The van der Waals surface area contributed by atoms with E-state index in [0.29, 0.717) is 0 Å². The number of piperidine rings is 1. The van der Waals surface area contributed by atoms with E-state index >= 15 is 0 Å². The van der Waals surface area contributed by atoms with Crippen LogP contribution < -0.4 is 5.32 Å². The maximum absolute atomic E-state index is 3.51. The lowest BCUT2D eigenvalue weighted by molar-refractivity contribution is 0.520. The van der Waals surface area contributed by atoms with E-state index in [1.54, 1.807) is 6.08 Å². The molecular formula is C11H21N. The molecule has 1 heteroatoms. The topological polar surface area (TPSA) is 12.0 Å². The molecule has 0 amide bonds. The minimum Gasteiger partial charge on any atom is -0.317 e. The highest BCUT2D eigenvalue weighted by molar-refractivity contribution is 4.96. The zero-order valence-electron chi connectivity index (χ0n) is 8.18. The lowest BCUT2D eigenvalue weighted by Gasteiger charge is -2.08. The van der Waals surface area contributed by atoms with Gasteiger partial charge in [-0.15, -0.1) is 0 Å². The maximum atomic E-state index is 3.51. The summed E-state index contributed by atoms with van der Waals surface area (Å²) in [5, 5.41) is 3.28. The molecule has 1 rings (SSSR count). The molecule has 1 aliphatic rings. The first kappa shape index (κ1) is 11.4. The number of nitrogens with one attached hydrogen (secondary N) is 1. The third-order valence-corrected chi connectivity index (χ3v) is 1.71. The van der Waals surface area contributed by atoms with Crippen LogP contribution in [0, 0.1) is 0 Å². The molecule has 1 N–H and O–H groups in total. The maximum Gasteiger partial charge on any atom is -0.00489 e. The standard InChI is InChI=1S/C6H10.C5H11N/c1-3-5-6-4-2;1-2-4-6-5-3-1/h3,5-6H,1,4H2,2H3;6H,1-5H2. The fraction of sp³-hybridized carbons (Fsp3) is 0.636. The summed E-state index contributed by atoms with van der Waals surface area (Å²) in [5.41, 5.74) is 0. The zero-order chi connectivity index (χ0) is 9.07. The molecule has 0 saturated carbocycles. The van der Waals surface area contributed by atoms with Gasteiger partial charge in [-0.05, 0) is 32.4 Å². The SMILES string of the molecule is C1CCNCC1.C=CC=CCC. The van der Waals surface area contributed by atoms with Crippen LogP contribution in [-0.4, -0.2) is 13.1 Å². The minimum absolute atomic E-state index is 1.10. The van der Waals surface area contributed by atoms with E-state index in [1.807, 2.05) is 6.08 Å². The molecule has 1 nitrogen and oxygen atoms in total. The van der Waals surface area contributed by atoms with Crippen molar-refractivity contribution >= 4 is 0 Å². The van der Waals surface area contributed by atoms with Gasteiger partial charge in [-0.2, -0.15) is 0 Å². The predicted octanol–water partition coefficient (Wildman–Crippen LogP) is 2.90. The predicted molar refractivity (Wildman–Crippen MR) is 56.3 cm³/mol. The molecule has 12 heavy (non-hydrogen) atoms. The van der Waals surface area contributed by atoms with Crippen molar-refractivity contribution in [3.05, 3.63) is 24.8 Å². The summed E-state index contributed by atoms with van der Waals surface area (Å²) in [5.74, 6) is 0. The molecular weight excluding hydrogens is 146 g/mol. The molecule has 70 valence electrons. The van der Waals surface area contributed by atoms with Crippen molar-refractivity contribution < 1.29 is 0 Å². The summed E-state index contributed by atoms with van der Waals surface area (Å²) < 4.78 is 0. The number of rotatable bonds is 2. The fourth-order valence-electron chi connectivity index (χ4n) is 1.03. The summed E-state index contributed by atoms with van der Waals surface area (Å²) in [6.45, 7) is 8.11. The van der Waals surface area contributed by atoms with Gasteiger partial charge in [-0.1, -0.05) is 38.2 Å². The van der Waals surface area contributed by atoms with Gasteiger partial charge in [-0.25, -0.2) is 0 Å². The van der Waals surface area contributed by atoms with Crippen molar-refractivity contribution in [2.75, 3.05) is 13.1 Å². The van der Waals surface area contributed by atoms with E-state index in [1.165, 1.54) is 32.4 Å². The van der Waals surface area contributed by atoms with Crippen molar-refractivity contribution in [3.63, 3.8) is 0 Å². The van der Waals surface area contributed by atoms with Crippen LogP contribution in [0.25, 0.3) is 0 Å². The van der Waals surface area contributed by atoms with Gasteiger partial charge in [0.2, 0.25) is 0 Å². The smallest absolute Gasteiger partial charge is 0.00489 e. The van der Waals surface area contributed by atoms with E-state index in [4.69, 9.17) is 0 Å². The first-order valence-electron chi connectivity index (χ1n) is 4.90. The highest BCUT2D eigenvalue weighted by Gasteiger charge is 1.93. The highest BCUT2D eigenvalue weighted by Crippen LogP contribution is 1.96. The van der Waals surface area contributed by atoms with Crippen LogP contribution in [0.1, 0.15) is 32.6 Å². The quantitative estimate of drug-likeness (QED) is 0.624. The number of hydrogen-bond acceptors (Lipinski definition) is 1. The van der Waals surface area contributed by atoms with Crippen molar-refractivity contribution in [2.24, 2.45) is 0 Å². The van der Waals surface area contributed by atoms with Crippen LogP contribution in [0.2, 0.25) is 0 Å². The van der Waals surface area contributed by atoms with Crippen molar-refractivity contribution in [1.82, 2.24) is 5.32 Å². The molecule has 0 unspecified atom stereocenters. The highest BCUT2D eigenvalue weighted by atomic mass is 14.9. The lowest BCUT2D eigenvalue weighted by atomic mass is 10.2. The van der Waals surface area contributed by atoms with Gasteiger partial charge in [0.15, 0.2) is 0 Å². The fourth-order valence-corrected chi connectivity index (χ4v) is 1.03. The molecule has 0 atom stereocenters. The molecule has 0 bridgehead atoms. The first-order valence-corrected chi connectivity index (χ1v) is 4.90. The molecule has 0 aromatic carbocycles. The molecule has 0 aliphatic carbocycles. The summed E-state index contributed by atoms with van der Waals surface area (Å²) in [6.07, 6.45) is 11.1. The monoisotopic (exact) mass is 167 g/mol. The molecule has 0 aromatic heterocycles. The molecule has 0 radical (unpaired) electrons. The molecule has 1 aliphatic heterocycles. The minimum atomic E-state index is 1.10. The van der Waals surface area contributed by atoms with Gasteiger partial charge in [0.25, 0.3) is 0 Å². The Morgan fingerprint density at radius 1 is 1.25 bits per heavy atom. The normalized spacial score (nSPS) is 16.8. The third kappa shape index (κ3) is 9.44. The second kappa shape index (κ2) is 10.4. The van der Waals surface area contributed by atoms with Crippen LogP contribution in [0.4, 0.5) is 0 Å². The van der Waals surface area contributed by atoms with Crippen LogP contribution in [-0.2, 0) is 0 Å². The Hall–Kier alpha value is -0.560. The number of hydrogen-bond donors (Lipinski definition) is 1. The third-order valence-electron chi connectivity index (χ3n) is 1.71. The second-order valence-corrected chi connectivity index (χ2v) is 2.88. The van der Waals surface area contributed by atoms with Gasteiger partial charge in [0, 0.05) is 0 Å². The van der Waals surface area contributed by atoms with E-state index in [2.05, 4.69) is 24.9 Å². The van der Waals surface area contributed by atoms with E-state index in [-0.39, 0.29) is 0 Å². The van der Waals surface area contributed by atoms with Crippen LogP contribution in [0.5, 0.6) is 0 Å². The Morgan fingerprint density at radius 2 is 1.92 bits per heavy atom. The van der Waals surface area contributed by atoms with Crippen LogP contribution in [0.15, 0.2) is 24.8 Å². The van der Waals surface area contributed by atoms with Crippen molar-refractivity contribution in [1.29, 1.82) is 0 Å². The van der Waals surface area contributed by atoms with Gasteiger partial charge >= 0.3 is 0 Å². The largest absolute Gasteiger partial charge is 0.317 e. The molecule has 0 aromatic rings. The van der Waals surface area contributed by atoms with E-state index in [9.17, 15) is 0 Å².